The fourth-order valence-corrected chi connectivity index (χ4v) is 3.01. The van der Waals surface area contributed by atoms with Crippen molar-refractivity contribution in [1.29, 1.82) is 0 Å². The third-order valence-corrected chi connectivity index (χ3v) is 4.36. The van der Waals surface area contributed by atoms with Gasteiger partial charge in [-0.15, -0.1) is 0 Å². The van der Waals surface area contributed by atoms with Crippen molar-refractivity contribution < 1.29 is 28.2 Å². The summed E-state index contributed by atoms with van der Waals surface area (Å²) in [6.07, 6.45) is 0. The highest BCUT2D eigenvalue weighted by Gasteiger charge is 2.35. The van der Waals surface area contributed by atoms with Crippen LogP contribution in [0.3, 0.4) is 0 Å². The van der Waals surface area contributed by atoms with E-state index in [4.69, 9.17) is 16.7 Å². The Morgan fingerprint density at radius 2 is 2.21 bits per heavy atom. The number of carbonyl (C=O) groups excluding carboxylic acids is 2. The Balaban J connectivity index is 2.47. The molecule has 1 aliphatic rings. The summed E-state index contributed by atoms with van der Waals surface area (Å²) in [7, 11) is 1.15. The summed E-state index contributed by atoms with van der Waals surface area (Å²) in [5.41, 5.74) is -0.293. The molecule has 0 atom stereocenters. The van der Waals surface area contributed by atoms with Crippen LogP contribution in [0.1, 0.15) is 0 Å². The summed E-state index contributed by atoms with van der Waals surface area (Å²) >= 11 is 8.75. The highest BCUT2D eigenvalue weighted by atomic mass is 79.9. The molecule has 0 bridgehead atoms. The van der Waals surface area contributed by atoms with E-state index < -0.39 is 23.5 Å². The molecule has 6 nitrogen and oxygen atoms in total. The van der Waals surface area contributed by atoms with E-state index in [1.54, 1.807) is 0 Å². The van der Waals surface area contributed by atoms with Crippen molar-refractivity contribution in [3.05, 3.63) is 38.5 Å². The van der Waals surface area contributed by atoms with Crippen LogP contribution in [-0.4, -0.2) is 48.7 Å². The molecule has 1 amide bonds. The van der Waals surface area contributed by atoms with Crippen molar-refractivity contribution in [1.82, 2.24) is 4.90 Å². The van der Waals surface area contributed by atoms with Crippen LogP contribution in [0.5, 0.6) is 0 Å². The van der Waals surface area contributed by atoms with Crippen LogP contribution in [0.25, 0.3) is 0 Å². The van der Waals surface area contributed by atoms with E-state index in [9.17, 15) is 18.4 Å². The van der Waals surface area contributed by atoms with Crippen LogP contribution < -0.4 is 5.32 Å². The van der Waals surface area contributed by atoms with Gasteiger partial charge in [-0.25, -0.2) is 13.6 Å². The van der Waals surface area contributed by atoms with Crippen LogP contribution in [0.4, 0.5) is 14.5 Å². The Bertz CT molecular complexity index is 742. The molecule has 10 heteroatoms. The number of anilines is 1. The van der Waals surface area contributed by atoms with Crippen LogP contribution in [0, 0.1) is 11.6 Å². The molecule has 0 unspecified atom stereocenters. The third-order valence-electron chi connectivity index (χ3n) is 3.32. The topological polar surface area (TPSA) is 78.9 Å². The van der Waals surface area contributed by atoms with Gasteiger partial charge < -0.3 is 20.1 Å². The van der Waals surface area contributed by atoms with E-state index in [1.165, 1.54) is 4.90 Å². The van der Waals surface area contributed by atoms with E-state index in [0.717, 1.165) is 13.2 Å². The molecular formula is C14H12BrClF2N2O4. The molecule has 1 aromatic rings. The first kappa shape index (κ1) is 18.6. The summed E-state index contributed by atoms with van der Waals surface area (Å²) in [6.45, 7) is -0.395. The molecule has 1 aromatic carbocycles. The zero-order chi connectivity index (χ0) is 18.0. The lowest BCUT2D eigenvalue weighted by Crippen LogP contribution is -2.31. The Hall–Kier alpha value is -1.71. The highest BCUT2D eigenvalue weighted by molar-refractivity contribution is 9.10. The normalized spacial score (nSPS) is 14.4. The van der Waals surface area contributed by atoms with Gasteiger partial charge in [0.15, 0.2) is 11.6 Å². The third kappa shape index (κ3) is 3.38. The molecule has 0 saturated carbocycles. The number of aliphatic hydroxyl groups excluding tert-OH is 1. The molecular weight excluding hydrogens is 414 g/mol. The molecule has 2 rings (SSSR count). The summed E-state index contributed by atoms with van der Waals surface area (Å²) in [5, 5.41) is 11.4. The van der Waals surface area contributed by atoms with E-state index >= 15 is 0 Å². The van der Waals surface area contributed by atoms with Gasteiger partial charge in [0.25, 0.3) is 5.91 Å². The minimum atomic E-state index is -1.19. The van der Waals surface area contributed by atoms with Crippen LogP contribution in [0.15, 0.2) is 21.8 Å². The van der Waals surface area contributed by atoms with Gasteiger partial charge in [0.05, 0.1) is 41.0 Å². The number of nitrogens with zero attached hydrogens (tertiary/aromatic N) is 1. The molecule has 0 radical (unpaired) electrons. The Labute approximate surface area is 149 Å². The zero-order valence-electron chi connectivity index (χ0n) is 12.3. The zero-order valence-corrected chi connectivity index (χ0v) is 14.7. The first-order chi connectivity index (χ1) is 11.3. The number of hydrogen-bond donors (Lipinski definition) is 2. The molecule has 24 heavy (non-hydrogen) atoms. The van der Waals surface area contributed by atoms with Crippen molar-refractivity contribution in [3.63, 3.8) is 0 Å². The largest absolute Gasteiger partial charge is 0.466 e. The van der Waals surface area contributed by atoms with Gasteiger partial charge in [-0.1, -0.05) is 11.6 Å². The van der Waals surface area contributed by atoms with Crippen molar-refractivity contribution in [2.24, 2.45) is 0 Å². The fraction of sp³-hybridized carbons (Fsp3) is 0.286. The Morgan fingerprint density at radius 1 is 1.54 bits per heavy atom. The van der Waals surface area contributed by atoms with Gasteiger partial charge >= 0.3 is 5.97 Å². The van der Waals surface area contributed by atoms with Crippen LogP contribution in [-0.2, 0) is 14.3 Å². The van der Waals surface area contributed by atoms with Crippen molar-refractivity contribution >= 4 is 45.1 Å². The van der Waals surface area contributed by atoms with E-state index in [-0.39, 0.29) is 46.1 Å². The second-order valence-corrected chi connectivity index (χ2v) is 5.96. The van der Waals surface area contributed by atoms with Gasteiger partial charge in [0.2, 0.25) is 0 Å². The molecule has 2 N–H and O–H groups in total. The summed E-state index contributed by atoms with van der Waals surface area (Å²) in [6, 6.07) is 0.743. The van der Waals surface area contributed by atoms with Gasteiger partial charge in [0, 0.05) is 6.54 Å². The average Bonchev–Trinajstić information content (AvgIpc) is 2.85. The summed E-state index contributed by atoms with van der Waals surface area (Å²) < 4.78 is 31.3. The minimum Gasteiger partial charge on any atom is -0.466 e. The average molecular weight is 426 g/mol. The van der Waals surface area contributed by atoms with Gasteiger partial charge in [-0.05, 0) is 22.0 Å². The lowest BCUT2D eigenvalue weighted by Gasteiger charge is -2.16. The van der Waals surface area contributed by atoms with E-state index in [0.29, 0.717) is 0 Å². The number of methoxy groups -OCH3 is 1. The lowest BCUT2D eigenvalue weighted by molar-refractivity contribution is -0.136. The summed E-state index contributed by atoms with van der Waals surface area (Å²) in [4.78, 5) is 25.4. The second-order valence-electron chi connectivity index (χ2n) is 4.76. The maximum Gasteiger partial charge on any atom is 0.337 e. The first-order valence-corrected chi connectivity index (χ1v) is 7.80. The number of ether oxygens (including phenoxy) is 1. The van der Waals surface area contributed by atoms with Crippen molar-refractivity contribution in [2.75, 3.05) is 32.1 Å². The smallest absolute Gasteiger partial charge is 0.337 e. The first-order valence-electron chi connectivity index (χ1n) is 6.63. The molecule has 1 aliphatic heterocycles. The van der Waals surface area contributed by atoms with Gasteiger partial charge in [-0.2, -0.15) is 0 Å². The SMILES string of the molecule is COC(=O)C1=C(Nc2c(Cl)cc(F)c(F)c2Br)C(=O)N(CCO)C1. The predicted molar refractivity (Wildman–Crippen MR) is 85.4 cm³/mol. The number of nitrogens with one attached hydrogen (secondary N) is 1. The number of carbonyl (C=O) groups is 2. The van der Waals surface area contributed by atoms with Crippen LogP contribution >= 0.6 is 27.5 Å². The molecule has 0 aromatic heterocycles. The van der Waals surface area contributed by atoms with E-state index in [1.807, 2.05) is 0 Å². The fourth-order valence-electron chi connectivity index (χ4n) is 2.15. The number of halogens is 4. The maximum atomic E-state index is 13.7. The summed E-state index contributed by atoms with van der Waals surface area (Å²) in [5.74, 6) is -3.72. The van der Waals surface area contributed by atoms with Gasteiger partial charge in [-0.3, -0.25) is 4.79 Å². The number of β-amino-alcohol motifs (C(OH)–C–C–N with tert-alkyl or cyclic N) is 1. The van der Waals surface area contributed by atoms with Crippen molar-refractivity contribution in [3.8, 4) is 0 Å². The Kier molecular flexibility index (Phi) is 5.79. The number of rotatable bonds is 5. The predicted octanol–water partition coefficient (Wildman–Crippen LogP) is 2.05. The minimum absolute atomic E-state index is 0.00279. The second kappa shape index (κ2) is 7.45. The lowest BCUT2D eigenvalue weighted by atomic mass is 10.2. The molecule has 0 saturated heterocycles. The van der Waals surface area contributed by atoms with Crippen molar-refractivity contribution in [2.45, 2.75) is 0 Å². The molecule has 0 spiro atoms. The number of esters is 1. The Morgan fingerprint density at radius 3 is 2.79 bits per heavy atom. The van der Waals surface area contributed by atoms with E-state index in [2.05, 4.69) is 26.0 Å². The molecule has 1 heterocycles. The highest BCUT2D eigenvalue weighted by Crippen LogP contribution is 2.36. The number of aliphatic hydroxyl groups is 1. The maximum absolute atomic E-state index is 13.7. The van der Waals surface area contributed by atoms with Crippen LogP contribution in [0.2, 0.25) is 5.02 Å². The number of benzene rings is 1. The van der Waals surface area contributed by atoms with Gasteiger partial charge in [0.1, 0.15) is 5.70 Å². The molecule has 0 aliphatic carbocycles. The molecule has 0 fully saturated rings. The monoisotopic (exact) mass is 424 g/mol. The number of amides is 1. The number of hydrogen-bond acceptors (Lipinski definition) is 5. The standard InChI is InChI=1S/C14H12BrClF2N2O4/c1-24-14(23)6-5-20(2-3-21)13(22)11(6)19-12-7(16)4-8(17)10(18)9(12)15/h4,19,21H,2-3,5H2,1H3. The molecule has 130 valence electrons. The quantitative estimate of drug-likeness (QED) is 0.429.